The zero-order valence-electron chi connectivity index (χ0n) is 19.2. The van der Waals surface area contributed by atoms with Crippen LogP contribution in [0, 0.1) is 5.92 Å². The van der Waals surface area contributed by atoms with E-state index in [0.717, 1.165) is 42.8 Å². The summed E-state index contributed by atoms with van der Waals surface area (Å²) >= 11 is 0. The molecule has 6 nitrogen and oxygen atoms in total. The Balaban J connectivity index is 1.30. The number of likely N-dealkylation sites (tertiary alicyclic amines) is 1. The van der Waals surface area contributed by atoms with E-state index in [2.05, 4.69) is 4.98 Å². The van der Waals surface area contributed by atoms with E-state index in [0.29, 0.717) is 11.3 Å². The maximum absolute atomic E-state index is 14.0. The normalized spacial score (nSPS) is 21.3. The number of hydrogen-bond acceptors (Lipinski definition) is 4. The van der Waals surface area contributed by atoms with Gasteiger partial charge in [-0.15, -0.1) is 0 Å². The molecule has 3 aromatic heterocycles. The molecule has 2 bridgehead atoms. The van der Waals surface area contributed by atoms with E-state index in [1.165, 1.54) is 6.07 Å². The number of amides is 1. The number of rotatable bonds is 5. The molecule has 0 spiro atoms. The fraction of sp³-hybridized carbons (Fsp3) is 0.296. The SMILES string of the molecule is O=C(c1nc2ccccn2c1-c1ccccc1)N1[C@@H]2CC[C@@H](C2)[C@H]1COc1ccc(C(F)(F)F)cn1. The van der Waals surface area contributed by atoms with Crippen LogP contribution in [0.25, 0.3) is 16.9 Å². The first-order valence-corrected chi connectivity index (χ1v) is 11.9. The Hall–Kier alpha value is -3.88. The number of benzene rings is 1. The summed E-state index contributed by atoms with van der Waals surface area (Å²) in [5.74, 6) is 0.222. The van der Waals surface area contributed by atoms with Crippen LogP contribution in [0.15, 0.2) is 73.1 Å². The summed E-state index contributed by atoms with van der Waals surface area (Å²) in [5, 5.41) is 0. The lowest BCUT2D eigenvalue weighted by atomic mass is 9.98. The largest absolute Gasteiger partial charge is 0.475 e. The molecule has 2 aliphatic rings. The molecule has 1 aromatic carbocycles. The average Bonchev–Trinajstić information content (AvgIpc) is 3.60. The fourth-order valence-corrected chi connectivity index (χ4v) is 5.57. The molecule has 1 saturated heterocycles. The van der Waals surface area contributed by atoms with Crippen molar-refractivity contribution in [3.8, 4) is 17.1 Å². The Kier molecular flexibility index (Phi) is 5.43. The molecule has 0 radical (unpaired) electrons. The van der Waals surface area contributed by atoms with Crippen LogP contribution >= 0.6 is 0 Å². The highest BCUT2D eigenvalue weighted by Gasteiger charge is 2.49. The molecule has 6 rings (SSSR count). The quantitative estimate of drug-likeness (QED) is 0.370. The second kappa shape index (κ2) is 8.65. The lowest BCUT2D eigenvalue weighted by Gasteiger charge is -2.34. The van der Waals surface area contributed by atoms with Gasteiger partial charge in [-0.05, 0) is 43.4 Å². The highest BCUT2D eigenvalue weighted by atomic mass is 19.4. The first-order valence-electron chi connectivity index (χ1n) is 11.9. The molecule has 1 aliphatic heterocycles. The van der Waals surface area contributed by atoms with E-state index >= 15 is 0 Å². The third-order valence-electron chi connectivity index (χ3n) is 7.22. The summed E-state index contributed by atoms with van der Waals surface area (Å²) in [6.07, 6.45) is 0.994. The topological polar surface area (TPSA) is 59.7 Å². The van der Waals surface area contributed by atoms with Crippen molar-refractivity contribution in [2.75, 3.05) is 6.61 Å². The lowest BCUT2D eigenvalue weighted by Crippen LogP contribution is -2.48. The van der Waals surface area contributed by atoms with Crippen LogP contribution in [0.4, 0.5) is 13.2 Å². The van der Waals surface area contributed by atoms with Crippen molar-refractivity contribution in [1.29, 1.82) is 0 Å². The van der Waals surface area contributed by atoms with Crippen LogP contribution in [0.3, 0.4) is 0 Å². The summed E-state index contributed by atoms with van der Waals surface area (Å²) in [5.41, 5.74) is 1.88. The number of aromatic nitrogens is 3. The maximum Gasteiger partial charge on any atom is 0.417 e. The third-order valence-corrected chi connectivity index (χ3v) is 7.22. The zero-order chi connectivity index (χ0) is 24.9. The van der Waals surface area contributed by atoms with Crippen LogP contribution in [-0.4, -0.2) is 43.9 Å². The van der Waals surface area contributed by atoms with Crippen molar-refractivity contribution in [3.05, 3.63) is 84.3 Å². The molecule has 4 heterocycles. The monoisotopic (exact) mass is 492 g/mol. The first kappa shape index (κ1) is 22.6. The van der Waals surface area contributed by atoms with Gasteiger partial charge in [0, 0.05) is 30.1 Å². The van der Waals surface area contributed by atoms with Gasteiger partial charge in [0.25, 0.3) is 5.91 Å². The number of pyridine rings is 2. The van der Waals surface area contributed by atoms with Crippen molar-refractivity contribution in [1.82, 2.24) is 19.3 Å². The molecule has 2 fully saturated rings. The molecule has 1 saturated carbocycles. The maximum atomic E-state index is 14.0. The van der Waals surface area contributed by atoms with Crippen molar-refractivity contribution in [2.45, 2.75) is 37.5 Å². The Morgan fingerprint density at radius 2 is 1.83 bits per heavy atom. The summed E-state index contributed by atoms with van der Waals surface area (Å²) in [4.78, 5) is 24.4. The van der Waals surface area contributed by atoms with E-state index in [1.807, 2.05) is 64.0 Å². The molecule has 3 atom stereocenters. The molecule has 1 aliphatic carbocycles. The number of carbonyl (C=O) groups excluding carboxylic acids is 1. The van der Waals surface area contributed by atoms with Gasteiger partial charge < -0.3 is 9.64 Å². The molecule has 4 aromatic rings. The number of halogens is 3. The standard InChI is InChI=1S/C27H23F3N4O2/c28-27(29,30)19-10-12-23(31-15-19)36-16-21-18-9-11-20(14-18)34(21)26(35)24-25(17-6-2-1-3-7-17)33-13-5-4-8-22(33)32-24/h1-8,10,12-13,15,18,20-21H,9,11,14,16H2/t18-,20+,21+/m0/s1. The van der Waals surface area contributed by atoms with Crippen molar-refractivity contribution in [3.63, 3.8) is 0 Å². The first-order chi connectivity index (χ1) is 17.4. The van der Waals surface area contributed by atoms with Crippen LogP contribution in [-0.2, 0) is 6.18 Å². The Morgan fingerprint density at radius 3 is 2.58 bits per heavy atom. The number of carbonyl (C=O) groups is 1. The number of hydrogen-bond donors (Lipinski definition) is 0. The van der Waals surface area contributed by atoms with Gasteiger partial charge in [0.15, 0.2) is 5.69 Å². The van der Waals surface area contributed by atoms with Gasteiger partial charge in [-0.25, -0.2) is 9.97 Å². The Bertz CT molecular complexity index is 1400. The van der Waals surface area contributed by atoms with Gasteiger partial charge in [-0.2, -0.15) is 13.2 Å². The minimum Gasteiger partial charge on any atom is -0.475 e. The molecule has 9 heteroatoms. The Labute approximate surface area is 205 Å². The molecule has 184 valence electrons. The molecular weight excluding hydrogens is 469 g/mol. The van der Waals surface area contributed by atoms with E-state index in [-0.39, 0.29) is 36.4 Å². The second-order valence-corrected chi connectivity index (χ2v) is 9.30. The summed E-state index contributed by atoms with van der Waals surface area (Å²) < 4.78 is 46.3. The number of piperidine rings is 1. The molecule has 0 unspecified atom stereocenters. The van der Waals surface area contributed by atoms with E-state index in [9.17, 15) is 18.0 Å². The fourth-order valence-electron chi connectivity index (χ4n) is 5.57. The van der Waals surface area contributed by atoms with Crippen LogP contribution < -0.4 is 4.74 Å². The molecule has 1 amide bonds. The van der Waals surface area contributed by atoms with E-state index < -0.39 is 11.7 Å². The Morgan fingerprint density at radius 1 is 1.03 bits per heavy atom. The van der Waals surface area contributed by atoms with Crippen molar-refractivity contribution < 1.29 is 22.7 Å². The van der Waals surface area contributed by atoms with Gasteiger partial charge in [0.1, 0.15) is 12.3 Å². The van der Waals surface area contributed by atoms with E-state index in [1.54, 1.807) is 0 Å². The lowest BCUT2D eigenvalue weighted by molar-refractivity contribution is -0.137. The van der Waals surface area contributed by atoms with Gasteiger partial charge >= 0.3 is 6.18 Å². The van der Waals surface area contributed by atoms with Gasteiger partial charge in [-0.3, -0.25) is 9.20 Å². The highest BCUT2D eigenvalue weighted by Crippen LogP contribution is 2.44. The number of ether oxygens (including phenoxy) is 1. The second-order valence-electron chi connectivity index (χ2n) is 9.30. The minimum absolute atomic E-state index is 0.0881. The van der Waals surface area contributed by atoms with Crippen molar-refractivity contribution in [2.24, 2.45) is 5.92 Å². The zero-order valence-corrected chi connectivity index (χ0v) is 19.2. The summed E-state index contributed by atoms with van der Waals surface area (Å²) in [6.45, 7) is 0.166. The van der Waals surface area contributed by atoms with Gasteiger partial charge in [0.2, 0.25) is 5.88 Å². The van der Waals surface area contributed by atoms with Crippen LogP contribution in [0.1, 0.15) is 35.3 Å². The van der Waals surface area contributed by atoms with Gasteiger partial charge in [-0.1, -0.05) is 36.4 Å². The minimum atomic E-state index is -4.45. The van der Waals surface area contributed by atoms with Crippen LogP contribution in [0.2, 0.25) is 0 Å². The predicted molar refractivity (Wildman–Crippen MR) is 126 cm³/mol. The van der Waals surface area contributed by atoms with Crippen molar-refractivity contribution >= 4 is 11.6 Å². The number of imidazole rings is 1. The van der Waals surface area contributed by atoms with Gasteiger partial charge in [0.05, 0.1) is 17.3 Å². The number of nitrogens with zero attached hydrogens (tertiary/aromatic N) is 4. The molecule has 0 N–H and O–H groups in total. The van der Waals surface area contributed by atoms with Crippen LogP contribution in [0.5, 0.6) is 5.88 Å². The highest BCUT2D eigenvalue weighted by molar-refractivity contribution is 6.00. The smallest absolute Gasteiger partial charge is 0.417 e. The van der Waals surface area contributed by atoms with E-state index in [4.69, 9.17) is 9.72 Å². The summed E-state index contributed by atoms with van der Waals surface area (Å²) in [6, 6.07) is 17.4. The molecular formula is C27H23F3N4O2. The average molecular weight is 493 g/mol. The number of fused-ring (bicyclic) bond motifs is 3. The summed E-state index contributed by atoms with van der Waals surface area (Å²) in [7, 11) is 0. The third kappa shape index (κ3) is 3.88. The molecule has 36 heavy (non-hydrogen) atoms. The number of alkyl halides is 3. The predicted octanol–water partition coefficient (Wildman–Crippen LogP) is 5.49.